The first-order chi connectivity index (χ1) is 8.99. The van der Waals surface area contributed by atoms with Gasteiger partial charge in [-0.1, -0.05) is 20.8 Å². The highest BCUT2D eigenvalue weighted by atomic mass is 15.1. The van der Waals surface area contributed by atoms with Crippen molar-refractivity contribution in [1.29, 1.82) is 5.26 Å². The summed E-state index contributed by atoms with van der Waals surface area (Å²) in [6.45, 7) is 10.4. The Kier molecular flexibility index (Phi) is 4.31. The first-order valence-electron chi connectivity index (χ1n) is 7.29. The van der Waals surface area contributed by atoms with E-state index in [0.717, 1.165) is 12.5 Å². The molecule has 1 aliphatic heterocycles. The summed E-state index contributed by atoms with van der Waals surface area (Å²) >= 11 is 0. The lowest BCUT2D eigenvalue weighted by Gasteiger charge is -2.29. The van der Waals surface area contributed by atoms with Gasteiger partial charge in [0.2, 0.25) is 0 Å². The van der Waals surface area contributed by atoms with E-state index in [4.69, 9.17) is 5.26 Å². The second kappa shape index (κ2) is 5.79. The number of H-pyrrole nitrogens is 1. The van der Waals surface area contributed by atoms with Crippen LogP contribution >= 0.6 is 0 Å². The van der Waals surface area contributed by atoms with Gasteiger partial charge in [0.05, 0.1) is 0 Å². The summed E-state index contributed by atoms with van der Waals surface area (Å²) in [5, 5.41) is 8.83. The van der Waals surface area contributed by atoms with E-state index in [1.165, 1.54) is 37.9 Å². The molecular weight excluding hydrogens is 234 g/mol. The highest BCUT2D eigenvalue weighted by molar-refractivity contribution is 5.26. The topological polar surface area (TPSA) is 42.8 Å². The molecule has 0 bridgehead atoms. The van der Waals surface area contributed by atoms with E-state index in [9.17, 15) is 0 Å². The number of hydrogen-bond acceptors (Lipinski definition) is 2. The molecule has 0 radical (unpaired) electrons. The molecule has 1 fully saturated rings. The van der Waals surface area contributed by atoms with Crippen LogP contribution in [-0.4, -0.2) is 23.0 Å². The summed E-state index contributed by atoms with van der Waals surface area (Å²) in [7, 11) is 0. The number of nitrogens with zero attached hydrogens (tertiary/aromatic N) is 2. The van der Waals surface area contributed by atoms with E-state index < -0.39 is 0 Å². The monoisotopic (exact) mass is 259 g/mol. The quantitative estimate of drug-likeness (QED) is 0.882. The maximum absolute atomic E-state index is 8.83. The summed E-state index contributed by atoms with van der Waals surface area (Å²) in [5.74, 6) is 0.832. The van der Waals surface area contributed by atoms with E-state index in [1.807, 2.05) is 12.3 Å². The summed E-state index contributed by atoms with van der Waals surface area (Å²) < 4.78 is 0. The molecule has 1 aliphatic rings. The van der Waals surface area contributed by atoms with Crippen molar-refractivity contribution in [2.45, 2.75) is 46.6 Å². The average molecular weight is 259 g/mol. The Morgan fingerprint density at radius 1 is 1.37 bits per heavy atom. The minimum Gasteiger partial charge on any atom is -0.353 e. The van der Waals surface area contributed by atoms with E-state index in [1.54, 1.807) is 0 Å². The molecular formula is C16H25N3. The molecule has 0 amide bonds. The molecule has 1 aromatic rings. The number of hydrogen-bond donors (Lipinski definition) is 1. The molecule has 19 heavy (non-hydrogen) atoms. The van der Waals surface area contributed by atoms with E-state index in [-0.39, 0.29) is 0 Å². The van der Waals surface area contributed by atoms with Crippen LogP contribution in [0.2, 0.25) is 0 Å². The predicted octanol–water partition coefficient (Wildman–Crippen LogP) is 3.53. The smallest absolute Gasteiger partial charge is 0.117 e. The van der Waals surface area contributed by atoms with Crippen molar-refractivity contribution >= 4 is 0 Å². The van der Waals surface area contributed by atoms with Crippen LogP contribution < -0.4 is 0 Å². The predicted molar refractivity (Wildman–Crippen MR) is 77.6 cm³/mol. The van der Waals surface area contributed by atoms with Crippen molar-refractivity contribution in [3.8, 4) is 6.07 Å². The Labute approximate surface area is 116 Å². The van der Waals surface area contributed by atoms with Crippen molar-refractivity contribution in [3.05, 3.63) is 23.5 Å². The van der Waals surface area contributed by atoms with Gasteiger partial charge in [-0.25, -0.2) is 0 Å². The van der Waals surface area contributed by atoms with E-state index >= 15 is 0 Å². The van der Waals surface area contributed by atoms with Crippen molar-refractivity contribution in [2.24, 2.45) is 11.3 Å². The van der Waals surface area contributed by atoms with Gasteiger partial charge in [-0.05, 0) is 55.3 Å². The number of nitriles is 1. The lowest BCUT2D eigenvalue weighted by Crippen LogP contribution is -2.25. The molecule has 1 saturated heterocycles. The third kappa shape index (κ3) is 3.84. The van der Waals surface area contributed by atoms with Crippen LogP contribution in [-0.2, 0) is 6.54 Å². The van der Waals surface area contributed by atoms with Crippen molar-refractivity contribution in [1.82, 2.24) is 9.88 Å². The Hall–Kier alpha value is -1.27. The molecule has 1 N–H and O–H groups in total. The van der Waals surface area contributed by atoms with Gasteiger partial charge in [0.25, 0.3) is 0 Å². The van der Waals surface area contributed by atoms with Gasteiger partial charge in [0, 0.05) is 12.7 Å². The average Bonchev–Trinajstić information content (AvgIpc) is 2.65. The lowest BCUT2D eigenvalue weighted by atomic mass is 9.77. The Morgan fingerprint density at radius 3 is 2.79 bits per heavy atom. The summed E-state index contributed by atoms with van der Waals surface area (Å²) in [6.07, 6.45) is 5.89. The molecule has 1 atom stereocenters. The number of rotatable bonds is 2. The Morgan fingerprint density at radius 2 is 2.16 bits per heavy atom. The van der Waals surface area contributed by atoms with Gasteiger partial charge in [0.15, 0.2) is 0 Å². The van der Waals surface area contributed by atoms with E-state index in [2.05, 4.69) is 36.7 Å². The molecule has 0 aliphatic carbocycles. The highest BCUT2D eigenvalue weighted by Gasteiger charge is 2.26. The maximum Gasteiger partial charge on any atom is 0.117 e. The lowest BCUT2D eigenvalue weighted by molar-refractivity contribution is 0.206. The van der Waals surface area contributed by atoms with Crippen molar-refractivity contribution < 1.29 is 0 Å². The molecule has 3 heteroatoms. The molecule has 2 heterocycles. The Bertz CT molecular complexity index is 447. The van der Waals surface area contributed by atoms with Gasteiger partial charge in [0.1, 0.15) is 11.8 Å². The summed E-state index contributed by atoms with van der Waals surface area (Å²) in [5.41, 5.74) is 2.32. The molecule has 2 rings (SSSR count). The van der Waals surface area contributed by atoms with Crippen LogP contribution in [0.4, 0.5) is 0 Å². The van der Waals surface area contributed by atoms with E-state index in [0.29, 0.717) is 11.1 Å². The minimum atomic E-state index is 0.429. The van der Waals surface area contributed by atoms with Crippen LogP contribution in [0.5, 0.6) is 0 Å². The molecule has 1 unspecified atom stereocenters. The van der Waals surface area contributed by atoms with Gasteiger partial charge in [-0.15, -0.1) is 0 Å². The largest absolute Gasteiger partial charge is 0.353 e. The molecule has 1 aromatic heterocycles. The van der Waals surface area contributed by atoms with Crippen LogP contribution in [0.15, 0.2) is 12.3 Å². The van der Waals surface area contributed by atoms with Crippen LogP contribution in [0, 0.1) is 22.7 Å². The zero-order valence-corrected chi connectivity index (χ0v) is 12.4. The van der Waals surface area contributed by atoms with Gasteiger partial charge >= 0.3 is 0 Å². The summed E-state index contributed by atoms with van der Waals surface area (Å²) in [4.78, 5) is 5.53. The fourth-order valence-electron chi connectivity index (χ4n) is 3.03. The SMILES string of the molecule is CC(C)(C)C1CCCN(Cc2c[nH]c(C#N)c2)CC1. The van der Waals surface area contributed by atoms with Gasteiger partial charge < -0.3 is 4.98 Å². The molecule has 3 nitrogen and oxygen atoms in total. The van der Waals surface area contributed by atoms with Crippen LogP contribution in [0.1, 0.15) is 51.3 Å². The second-order valence-corrected chi connectivity index (χ2v) is 6.80. The zero-order valence-electron chi connectivity index (χ0n) is 12.4. The van der Waals surface area contributed by atoms with Crippen LogP contribution in [0.3, 0.4) is 0 Å². The fraction of sp³-hybridized carbons (Fsp3) is 0.688. The number of aromatic nitrogens is 1. The first-order valence-corrected chi connectivity index (χ1v) is 7.29. The highest BCUT2D eigenvalue weighted by Crippen LogP contribution is 2.34. The zero-order chi connectivity index (χ0) is 13.9. The van der Waals surface area contributed by atoms with Gasteiger partial charge in [-0.2, -0.15) is 5.26 Å². The third-order valence-electron chi connectivity index (χ3n) is 4.31. The summed E-state index contributed by atoms with van der Waals surface area (Å²) in [6, 6.07) is 4.11. The third-order valence-corrected chi connectivity index (χ3v) is 4.31. The second-order valence-electron chi connectivity index (χ2n) is 6.80. The number of aromatic amines is 1. The Balaban J connectivity index is 1.91. The standard InChI is InChI=1S/C16H25N3/c1-16(2,3)14-5-4-7-19(8-6-14)12-13-9-15(10-17)18-11-13/h9,11,14,18H,4-8,12H2,1-3H3. The molecule has 0 aromatic carbocycles. The van der Waals surface area contributed by atoms with Crippen molar-refractivity contribution in [2.75, 3.05) is 13.1 Å². The number of nitrogens with one attached hydrogen (secondary N) is 1. The molecule has 0 spiro atoms. The molecule has 104 valence electrons. The number of likely N-dealkylation sites (tertiary alicyclic amines) is 1. The normalized spacial score (nSPS) is 21.9. The fourth-order valence-corrected chi connectivity index (χ4v) is 3.03. The first kappa shape index (κ1) is 14.1. The molecule has 0 saturated carbocycles. The van der Waals surface area contributed by atoms with Crippen molar-refractivity contribution in [3.63, 3.8) is 0 Å². The minimum absolute atomic E-state index is 0.429. The maximum atomic E-state index is 8.83. The van der Waals surface area contributed by atoms with Gasteiger partial charge in [-0.3, -0.25) is 4.90 Å². The van der Waals surface area contributed by atoms with Crippen LogP contribution in [0.25, 0.3) is 0 Å².